The molecule has 0 saturated carbocycles. The molecule has 2 N–H and O–H groups in total. The quantitative estimate of drug-likeness (QED) is 0.819. The average Bonchev–Trinajstić information content (AvgIpc) is 2.31. The van der Waals surface area contributed by atoms with Gasteiger partial charge in [-0.25, -0.2) is 0 Å². The van der Waals surface area contributed by atoms with Gasteiger partial charge < -0.3 is 10.6 Å². The fraction of sp³-hybridized carbons (Fsp3) is 0.462. The molecule has 0 amide bonds. The minimum Gasteiger partial charge on any atom is -0.397 e. The summed E-state index contributed by atoms with van der Waals surface area (Å²) in [7, 11) is 0. The summed E-state index contributed by atoms with van der Waals surface area (Å²) in [6.45, 7) is 0.931. The van der Waals surface area contributed by atoms with E-state index in [4.69, 9.17) is 22.6 Å². The third kappa shape index (κ3) is 2.48. The largest absolute Gasteiger partial charge is 0.397 e. The van der Waals surface area contributed by atoms with Crippen molar-refractivity contribution < 1.29 is 0 Å². The van der Waals surface area contributed by atoms with Gasteiger partial charge in [-0.3, -0.25) is 0 Å². The van der Waals surface area contributed by atoms with E-state index in [9.17, 15) is 0 Å². The van der Waals surface area contributed by atoms with Crippen molar-refractivity contribution in [2.24, 2.45) is 0 Å². The van der Waals surface area contributed by atoms with Crippen molar-refractivity contribution in [2.75, 3.05) is 17.2 Å². The monoisotopic (exact) mass is 249 g/mol. The van der Waals surface area contributed by atoms with Gasteiger partial charge >= 0.3 is 0 Å². The minimum absolute atomic E-state index is 0.246. The van der Waals surface area contributed by atoms with Crippen molar-refractivity contribution >= 4 is 23.0 Å². The summed E-state index contributed by atoms with van der Waals surface area (Å²) >= 11 is 6.22. The maximum Gasteiger partial charge on any atom is 0.0791 e. The molecule has 17 heavy (non-hydrogen) atoms. The number of nitrogens with zero attached hydrogens (tertiary/aromatic N) is 2. The number of para-hydroxylation sites is 1. The summed E-state index contributed by atoms with van der Waals surface area (Å²) in [5.41, 5.74) is 7.60. The highest BCUT2D eigenvalue weighted by Gasteiger charge is 2.25. The first-order chi connectivity index (χ1) is 8.24. The number of hydrogen-bond acceptors (Lipinski definition) is 3. The molecule has 90 valence electrons. The zero-order valence-corrected chi connectivity index (χ0v) is 10.5. The molecule has 3 nitrogen and oxygen atoms in total. The van der Waals surface area contributed by atoms with Crippen LogP contribution in [0.2, 0.25) is 5.02 Å². The Bertz CT molecular complexity index is 419. The van der Waals surface area contributed by atoms with E-state index >= 15 is 0 Å². The Morgan fingerprint density at radius 3 is 3.00 bits per heavy atom. The predicted molar refractivity (Wildman–Crippen MR) is 71.1 cm³/mol. The molecule has 0 bridgehead atoms. The van der Waals surface area contributed by atoms with Gasteiger partial charge in [0.2, 0.25) is 0 Å². The molecule has 0 spiro atoms. The Hall–Kier alpha value is -1.40. The van der Waals surface area contributed by atoms with Crippen LogP contribution in [0.25, 0.3) is 0 Å². The Kier molecular flexibility index (Phi) is 3.75. The van der Waals surface area contributed by atoms with Gasteiger partial charge in [-0.05, 0) is 31.4 Å². The average molecular weight is 250 g/mol. The number of nitriles is 1. The van der Waals surface area contributed by atoms with Crippen molar-refractivity contribution in [1.82, 2.24) is 0 Å². The molecule has 0 aromatic heterocycles. The Morgan fingerprint density at radius 2 is 2.29 bits per heavy atom. The highest BCUT2D eigenvalue weighted by atomic mass is 35.5. The highest BCUT2D eigenvalue weighted by Crippen LogP contribution is 2.36. The number of anilines is 2. The van der Waals surface area contributed by atoms with Crippen LogP contribution in [0.5, 0.6) is 0 Å². The number of benzene rings is 1. The van der Waals surface area contributed by atoms with Crippen molar-refractivity contribution in [3.05, 3.63) is 23.2 Å². The molecule has 1 fully saturated rings. The normalized spacial score (nSPS) is 20.0. The maximum atomic E-state index is 8.88. The van der Waals surface area contributed by atoms with Gasteiger partial charge in [-0.2, -0.15) is 5.26 Å². The molecular weight excluding hydrogens is 234 g/mol. The lowest BCUT2D eigenvalue weighted by molar-refractivity contribution is 0.465. The lowest BCUT2D eigenvalue weighted by atomic mass is 9.98. The molecule has 1 aliphatic rings. The van der Waals surface area contributed by atoms with Crippen LogP contribution >= 0.6 is 11.6 Å². The van der Waals surface area contributed by atoms with Crippen LogP contribution in [0.1, 0.15) is 25.7 Å². The van der Waals surface area contributed by atoms with Crippen LogP contribution in [-0.4, -0.2) is 12.6 Å². The lowest BCUT2D eigenvalue weighted by Gasteiger charge is -2.37. The molecule has 2 rings (SSSR count). The second kappa shape index (κ2) is 5.29. The van der Waals surface area contributed by atoms with Gasteiger partial charge in [-0.1, -0.05) is 17.7 Å². The van der Waals surface area contributed by atoms with Crippen molar-refractivity contribution in [1.29, 1.82) is 5.26 Å². The molecule has 1 aromatic carbocycles. The molecule has 1 heterocycles. The maximum absolute atomic E-state index is 8.88. The Balaban J connectivity index is 2.33. The molecule has 1 atom stereocenters. The zero-order valence-electron chi connectivity index (χ0n) is 9.69. The van der Waals surface area contributed by atoms with Crippen LogP contribution in [0, 0.1) is 11.3 Å². The Morgan fingerprint density at radius 1 is 1.47 bits per heavy atom. The predicted octanol–water partition coefficient (Wildman–Crippen LogP) is 3.19. The number of halogens is 1. The number of nitrogens with two attached hydrogens (primary N) is 1. The van der Waals surface area contributed by atoms with Crippen molar-refractivity contribution in [3.63, 3.8) is 0 Å². The topological polar surface area (TPSA) is 53.0 Å². The smallest absolute Gasteiger partial charge is 0.0791 e. The SMILES string of the molecule is N#CCC1CCCCN1c1c(N)cccc1Cl. The molecular formula is C13H16ClN3. The van der Waals surface area contributed by atoms with Gasteiger partial charge in [0, 0.05) is 12.6 Å². The molecule has 0 aliphatic carbocycles. The van der Waals surface area contributed by atoms with E-state index in [-0.39, 0.29) is 6.04 Å². The fourth-order valence-corrected chi connectivity index (χ4v) is 2.74. The van der Waals surface area contributed by atoms with Gasteiger partial charge in [0.05, 0.1) is 28.9 Å². The van der Waals surface area contributed by atoms with Crippen LogP contribution in [0.4, 0.5) is 11.4 Å². The van der Waals surface area contributed by atoms with Crippen molar-refractivity contribution in [2.45, 2.75) is 31.7 Å². The van der Waals surface area contributed by atoms with E-state index in [1.54, 1.807) is 0 Å². The third-order valence-electron chi connectivity index (χ3n) is 3.26. The lowest BCUT2D eigenvalue weighted by Crippen LogP contribution is -2.39. The summed E-state index contributed by atoms with van der Waals surface area (Å²) in [6, 6.07) is 8.06. The third-order valence-corrected chi connectivity index (χ3v) is 3.56. The fourth-order valence-electron chi connectivity index (χ4n) is 2.45. The van der Waals surface area contributed by atoms with Crippen LogP contribution in [0.3, 0.4) is 0 Å². The van der Waals surface area contributed by atoms with E-state index in [1.807, 2.05) is 18.2 Å². The van der Waals surface area contributed by atoms with Gasteiger partial charge in [0.15, 0.2) is 0 Å². The minimum atomic E-state index is 0.246. The van der Waals surface area contributed by atoms with Crippen LogP contribution in [0.15, 0.2) is 18.2 Å². The van der Waals surface area contributed by atoms with E-state index in [0.717, 1.165) is 25.1 Å². The molecule has 1 aliphatic heterocycles. The number of rotatable bonds is 2. The summed E-state index contributed by atoms with van der Waals surface area (Å²) in [5.74, 6) is 0. The molecule has 4 heteroatoms. The van der Waals surface area contributed by atoms with E-state index in [2.05, 4.69) is 11.0 Å². The van der Waals surface area contributed by atoms with Gasteiger partial charge in [0.25, 0.3) is 0 Å². The molecule has 0 radical (unpaired) electrons. The summed E-state index contributed by atoms with van der Waals surface area (Å²) in [6.07, 6.45) is 3.88. The highest BCUT2D eigenvalue weighted by molar-refractivity contribution is 6.34. The Labute approximate surface area is 107 Å². The number of nitrogen functional groups attached to an aromatic ring is 1. The first-order valence-corrected chi connectivity index (χ1v) is 6.29. The van der Waals surface area contributed by atoms with Crippen molar-refractivity contribution in [3.8, 4) is 6.07 Å². The van der Waals surface area contributed by atoms with Gasteiger partial charge in [-0.15, -0.1) is 0 Å². The van der Waals surface area contributed by atoms with E-state index < -0.39 is 0 Å². The second-order valence-corrected chi connectivity index (χ2v) is 4.79. The molecule has 1 aromatic rings. The van der Waals surface area contributed by atoms with E-state index in [0.29, 0.717) is 17.1 Å². The standard InChI is InChI=1S/C13H16ClN3/c14-11-5-3-6-12(16)13(11)17-9-2-1-4-10(17)7-8-15/h3,5-6,10H,1-2,4,7,9,16H2. The van der Waals surface area contributed by atoms with Crippen LogP contribution < -0.4 is 10.6 Å². The van der Waals surface area contributed by atoms with E-state index in [1.165, 1.54) is 6.42 Å². The summed E-state index contributed by atoms with van der Waals surface area (Å²) in [5, 5.41) is 9.56. The number of hydrogen-bond donors (Lipinski definition) is 1. The summed E-state index contributed by atoms with van der Waals surface area (Å²) < 4.78 is 0. The number of piperidine rings is 1. The first kappa shape index (κ1) is 12.1. The van der Waals surface area contributed by atoms with Crippen LogP contribution in [-0.2, 0) is 0 Å². The molecule has 1 unspecified atom stereocenters. The van der Waals surface area contributed by atoms with Gasteiger partial charge in [0.1, 0.15) is 0 Å². The zero-order chi connectivity index (χ0) is 12.3. The second-order valence-electron chi connectivity index (χ2n) is 4.38. The molecule has 1 saturated heterocycles. The first-order valence-electron chi connectivity index (χ1n) is 5.91. The summed E-state index contributed by atoms with van der Waals surface area (Å²) in [4.78, 5) is 2.20.